The number of nitrogens with one attached hydrogen (secondary N) is 1. The lowest BCUT2D eigenvalue weighted by Gasteiger charge is -2.27. The molecule has 2 heterocycles. The van der Waals surface area contributed by atoms with E-state index in [4.69, 9.17) is 4.74 Å². The Morgan fingerprint density at radius 1 is 1.45 bits per heavy atom. The Balaban J connectivity index is 2.08. The second-order valence-electron chi connectivity index (χ2n) is 4.81. The number of carbonyl (C=O) groups is 1. The zero-order chi connectivity index (χ0) is 15.5. The number of hydrogen-bond acceptors (Lipinski definition) is 6. The molecule has 2 aromatic rings. The van der Waals surface area contributed by atoms with Gasteiger partial charge in [-0.05, 0) is 22.9 Å². The first-order valence-electron chi connectivity index (χ1n) is 6.81. The van der Waals surface area contributed by atoms with Crippen LogP contribution in [0.25, 0.3) is 0 Å². The fourth-order valence-corrected chi connectivity index (χ4v) is 2.43. The zero-order valence-electron chi connectivity index (χ0n) is 12.1. The molecule has 0 fully saturated rings. The Labute approximate surface area is 127 Å². The maximum atomic E-state index is 12.4. The van der Waals surface area contributed by atoms with Crippen LogP contribution in [0.1, 0.15) is 18.5 Å². The van der Waals surface area contributed by atoms with Gasteiger partial charge in [0.25, 0.3) is 0 Å². The average molecular weight is 297 g/mol. The van der Waals surface area contributed by atoms with Crippen LogP contribution in [-0.4, -0.2) is 32.8 Å². The predicted octanol–water partition coefficient (Wildman–Crippen LogP) is 1.69. The van der Waals surface area contributed by atoms with Gasteiger partial charge in [-0.15, -0.1) is 0 Å². The van der Waals surface area contributed by atoms with E-state index in [-0.39, 0.29) is 6.61 Å². The van der Waals surface area contributed by atoms with Crippen LogP contribution in [0, 0.1) is 0 Å². The summed E-state index contributed by atoms with van der Waals surface area (Å²) >= 11 is 0. The molecule has 112 valence electrons. The lowest BCUT2D eigenvalue weighted by Crippen LogP contribution is -2.29. The summed E-state index contributed by atoms with van der Waals surface area (Å²) in [7, 11) is 0. The van der Waals surface area contributed by atoms with E-state index in [1.165, 1.54) is 6.08 Å². The van der Waals surface area contributed by atoms with Crippen molar-refractivity contribution in [3.05, 3.63) is 59.8 Å². The topological polar surface area (TPSA) is 81.9 Å². The Kier molecular flexibility index (Phi) is 3.69. The van der Waals surface area contributed by atoms with Crippen LogP contribution in [0.2, 0.25) is 0 Å². The van der Waals surface area contributed by atoms with Gasteiger partial charge in [0.1, 0.15) is 12.6 Å². The minimum Gasteiger partial charge on any atom is -0.458 e. The number of allylic oxidation sites excluding steroid dienone is 1. The summed E-state index contributed by atoms with van der Waals surface area (Å²) in [5, 5.41) is 14.6. The molecule has 7 nitrogen and oxygen atoms in total. The summed E-state index contributed by atoms with van der Waals surface area (Å²) in [4.78, 5) is 12.4. The van der Waals surface area contributed by atoms with Crippen molar-refractivity contribution in [2.75, 3.05) is 11.9 Å². The molecule has 1 aromatic carbocycles. The number of fused-ring (bicyclic) bond motifs is 1. The van der Waals surface area contributed by atoms with Crippen molar-refractivity contribution < 1.29 is 9.53 Å². The van der Waals surface area contributed by atoms with E-state index < -0.39 is 12.0 Å². The summed E-state index contributed by atoms with van der Waals surface area (Å²) in [6.45, 7) is 5.51. The molecule has 0 saturated carbocycles. The van der Waals surface area contributed by atoms with Crippen molar-refractivity contribution in [3.8, 4) is 0 Å². The van der Waals surface area contributed by atoms with Gasteiger partial charge in [-0.2, -0.15) is 4.68 Å². The van der Waals surface area contributed by atoms with E-state index in [0.717, 1.165) is 5.56 Å². The number of rotatable bonds is 4. The third-order valence-corrected chi connectivity index (χ3v) is 3.38. The first-order chi connectivity index (χ1) is 10.7. The highest BCUT2D eigenvalue weighted by Crippen LogP contribution is 2.34. The number of benzene rings is 1. The quantitative estimate of drug-likeness (QED) is 0.683. The molecule has 1 atom stereocenters. The first kappa shape index (κ1) is 14.0. The molecular weight excluding hydrogens is 282 g/mol. The number of aromatic nitrogens is 4. The SMILES string of the molecule is C=CCOC(=O)C1=C(C)Nc2nnnn2C1c1ccccc1. The summed E-state index contributed by atoms with van der Waals surface area (Å²) in [5.74, 6) is 0.0755. The molecule has 1 N–H and O–H groups in total. The van der Waals surface area contributed by atoms with Crippen LogP contribution >= 0.6 is 0 Å². The summed E-state index contributed by atoms with van der Waals surface area (Å²) in [6, 6.07) is 9.15. The number of carbonyl (C=O) groups excluding carboxylic acids is 1. The van der Waals surface area contributed by atoms with Gasteiger partial charge in [0, 0.05) is 5.70 Å². The van der Waals surface area contributed by atoms with Gasteiger partial charge in [0.05, 0.1) is 5.57 Å². The van der Waals surface area contributed by atoms with Gasteiger partial charge >= 0.3 is 5.97 Å². The molecule has 0 radical (unpaired) electrons. The van der Waals surface area contributed by atoms with Gasteiger partial charge in [0.2, 0.25) is 5.95 Å². The van der Waals surface area contributed by atoms with E-state index in [2.05, 4.69) is 27.4 Å². The van der Waals surface area contributed by atoms with Crippen LogP contribution in [0.15, 0.2) is 54.3 Å². The summed E-state index contributed by atoms with van der Waals surface area (Å²) in [5.41, 5.74) is 2.06. The molecule has 1 aromatic heterocycles. The monoisotopic (exact) mass is 297 g/mol. The lowest BCUT2D eigenvalue weighted by molar-refractivity contribution is -0.138. The first-order valence-corrected chi connectivity index (χ1v) is 6.81. The number of nitrogens with zero attached hydrogens (tertiary/aromatic N) is 4. The van der Waals surface area contributed by atoms with E-state index in [1.807, 2.05) is 30.3 Å². The molecule has 0 aliphatic carbocycles. The highest BCUT2D eigenvalue weighted by Gasteiger charge is 2.34. The smallest absolute Gasteiger partial charge is 0.338 e. The number of tetrazole rings is 1. The molecule has 22 heavy (non-hydrogen) atoms. The molecule has 0 saturated heterocycles. The summed E-state index contributed by atoms with van der Waals surface area (Å²) in [6.07, 6.45) is 1.53. The highest BCUT2D eigenvalue weighted by atomic mass is 16.5. The zero-order valence-corrected chi connectivity index (χ0v) is 12.1. The Morgan fingerprint density at radius 3 is 2.95 bits per heavy atom. The van der Waals surface area contributed by atoms with Crippen molar-refractivity contribution in [1.82, 2.24) is 20.2 Å². The predicted molar refractivity (Wildman–Crippen MR) is 79.9 cm³/mol. The number of esters is 1. The van der Waals surface area contributed by atoms with Gasteiger partial charge in [-0.1, -0.05) is 48.1 Å². The number of anilines is 1. The van der Waals surface area contributed by atoms with Crippen LogP contribution in [0.4, 0.5) is 5.95 Å². The Morgan fingerprint density at radius 2 is 2.23 bits per heavy atom. The summed E-state index contributed by atoms with van der Waals surface area (Å²) < 4.78 is 6.78. The van der Waals surface area contributed by atoms with Crippen molar-refractivity contribution in [2.24, 2.45) is 0 Å². The minimum atomic E-state index is -0.426. The largest absolute Gasteiger partial charge is 0.458 e. The van der Waals surface area contributed by atoms with E-state index in [0.29, 0.717) is 17.2 Å². The molecular formula is C15H15N5O2. The van der Waals surface area contributed by atoms with Crippen molar-refractivity contribution in [2.45, 2.75) is 13.0 Å². The molecule has 0 bridgehead atoms. The van der Waals surface area contributed by atoms with Crippen LogP contribution in [0.5, 0.6) is 0 Å². The van der Waals surface area contributed by atoms with Gasteiger partial charge in [-0.3, -0.25) is 0 Å². The van der Waals surface area contributed by atoms with Crippen LogP contribution < -0.4 is 5.32 Å². The minimum absolute atomic E-state index is 0.152. The van der Waals surface area contributed by atoms with Crippen molar-refractivity contribution in [1.29, 1.82) is 0 Å². The molecule has 0 spiro atoms. The van der Waals surface area contributed by atoms with Gasteiger partial charge in [0.15, 0.2) is 0 Å². The molecule has 3 rings (SSSR count). The van der Waals surface area contributed by atoms with Crippen LogP contribution in [-0.2, 0) is 9.53 Å². The van der Waals surface area contributed by atoms with Crippen LogP contribution in [0.3, 0.4) is 0 Å². The second kappa shape index (κ2) is 5.80. The molecule has 1 unspecified atom stereocenters. The standard InChI is InChI=1S/C15H15N5O2/c1-3-9-22-14(21)12-10(2)16-15-17-18-19-20(15)13(12)11-7-5-4-6-8-11/h3-8,13H,1,9H2,2H3,(H,16,17,19). The van der Waals surface area contributed by atoms with Crippen molar-refractivity contribution in [3.63, 3.8) is 0 Å². The maximum absolute atomic E-state index is 12.4. The normalized spacial score (nSPS) is 16.7. The molecule has 1 aliphatic rings. The molecule has 0 amide bonds. The number of hydrogen-bond donors (Lipinski definition) is 1. The number of ether oxygens (including phenoxy) is 1. The van der Waals surface area contributed by atoms with E-state index in [9.17, 15) is 4.79 Å². The Bertz CT molecular complexity index is 735. The molecule has 1 aliphatic heterocycles. The fraction of sp³-hybridized carbons (Fsp3) is 0.200. The third kappa shape index (κ3) is 2.37. The lowest BCUT2D eigenvalue weighted by atomic mass is 9.96. The fourth-order valence-electron chi connectivity index (χ4n) is 2.43. The van der Waals surface area contributed by atoms with Gasteiger partial charge < -0.3 is 10.1 Å². The van der Waals surface area contributed by atoms with Gasteiger partial charge in [-0.25, -0.2) is 4.79 Å². The van der Waals surface area contributed by atoms with E-state index in [1.54, 1.807) is 11.6 Å². The Hall–Kier alpha value is -2.96. The molecule has 7 heteroatoms. The van der Waals surface area contributed by atoms with E-state index >= 15 is 0 Å². The second-order valence-corrected chi connectivity index (χ2v) is 4.81. The third-order valence-electron chi connectivity index (χ3n) is 3.38. The average Bonchev–Trinajstić information content (AvgIpc) is 2.99. The van der Waals surface area contributed by atoms with Crippen molar-refractivity contribution >= 4 is 11.9 Å². The maximum Gasteiger partial charge on any atom is 0.338 e. The highest BCUT2D eigenvalue weighted by molar-refractivity contribution is 5.92.